The van der Waals surface area contributed by atoms with E-state index in [9.17, 15) is 14.7 Å². The third-order valence-corrected chi connectivity index (χ3v) is 4.00. The summed E-state index contributed by atoms with van der Waals surface area (Å²) in [5.41, 5.74) is -0.717. The van der Waals surface area contributed by atoms with E-state index in [2.05, 4.69) is 13.8 Å². The lowest BCUT2D eigenvalue weighted by Gasteiger charge is -2.39. The molecule has 1 saturated heterocycles. The van der Waals surface area contributed by atoms with Gasteiger partial charge in [-0.15, -0.1) is 0 Å². The minimum Gasteiger partial charge on any atom is -0.481 e. The minimum atomic E-state index is -0.758. The zero-order chi connectivity index (χ0) is 13.8. The van der Waals surface area contributed by atoms with E-state index in [1.165, 1.54) is 0 Å². The van der Waals surface area contributed by atoms with Gasteiger partial charge in [-0.05, 0) is 31.6 Å². The second kappa shape index (κ2) is 6.21. The first kappa shape index (κ1) is 15.0. The summed E-state index contributed by atoms with van der Waals surface area (Å²) in [5, 5.41) is 9.37. The fourth-order valence-corrected chi connectivity index (χ4v) is 2.53. The zero-order valence-corrected chi connectivity index (χ0v) is 11.7. The largest absolute Gasteiger partial charge is 0.481 e. The van der Waals surface area contributed by atoms with Crippen molar-refractivity contribution in [2.24, 2.45) is 11.3 Å². The number of carboxylic acids is 1. The second-order valence-corrected chi connectivity index (χ2v) is 5.79. The van der Waals surface area contributed by atoms with Crippen LogP contribution in [0.15, 0.2) is 0 Å². The van der Waals surface area contributed by atoms with Gasteiger partial charge in [0, 0.05) is 19.5 Å². The first-order valence-corrected chi connectivity index (χ1v) is 6.92. The lowest BCUT2D eigenvalue weighted by atomic mass is 9.77. The monoisotopic (exact) mass is 255 g/mol. The van der Waals surface area contributed by atoms with Crippen molar-refractivity contribution in [3.8, 4) is 0 Å². The van der Waals surface area contributed by atoms with Gasteiger partial charge in [0.1, 0.15) is 0 Å². The third-order valence-electron chi connectivity index (χ3n) is 4.00. The Kier molecular flexibility index (Phi) is 5.17. The van der Waals surface area contributed by atoms with Crippen molar-refractivity contribution >= 4 is 11.9 Å². The molecule has 1 rings (SSSR count). The molecule has 1 atom stereocenters. The Bertz CT molecular complexity index is 314. The maximum absolute atomic E-state index is 12.1. The van der Waals surface area contributed by atoms with Crippen molar-refractivity contribution in [1.29, 1.82) is 0 Å². The summed E-state index contributed by atoms with van der Waals surface area (Å²) >= 11 is 0. The first-order chi connectivity index (χ1) is 8.41. The van der Waals surface area contributed by atoms with Crippen molar-refractivity contribution in [2.45, 2.75) is 52.9 Å². The number of hydrogen-bond acceptors (Lipinski definition) is 2. The quantitative estimate of drug-likeness (QED) is 0.821. The molecule has 1 N–H and O–H groups in total. The molecule has 0 aromatic rings. The molecule has 4 heteroatoms. The summed E-state index contributed by atoms with van der Waals surface area (Å²) in [6, 6.07) is 0. The molecular weight excluding hydrogens is 230 g/mol. The number of likely N-dealkylation sites (tertiary alicyclic amines) is 1. The number of piperidine rings is 1. The van der Waals surface area contributed by atoms with Gasteiger partial charge in [0.15, 0.2) is 0 Å². The van der Waals surface area contributed by atoms with Crippen molar-refractivity contribution < 1.29 is 14.7 Å². The van der Waals surface area contributed by atoms with Crippen LogP contribution in [0.5, 0.6) is 0 Å². The maximum atomic E-state index is 12.1. The summed E-state index contributed by atoms with van der Waals surface area (Å²) in [6.45, 7) is 7.19. The molecule has 0 aliphatic carbocycles. The number of rotatable bonds is 5. The van der Waals surface area contributed by atoms with E-state index in [4.69, 9.17) is 0 Å². The van der Waals surface area contributed by atoms with E-state index in [0.717, 1.165) is 12.8 Å². The van der Waals surface area contributed by atoms with E-state index in [1.54, 1.807) is 4.90 Å². The molecule has 0 aromatic heterocycles. The zero-order valence-electron chi connectivity index (χ0n) is 11.7. The van der Waals surface area contributed by atoms with Gasteiger partial charge in [0.25, 0.3) is 0 Å². The van der Waals surface area contributed by atoms with Crippen LogP contribution in [0.4, 0.5) is 0 Å². The molecule has 4 nitrogen and oxygen atoms in total. The molecule has 0 aromatic carbocycles. The van der Waals surface area contributed by atoms with Gasteiger partial charge in [0.2, 0.25) is 5.91 Å². The van der Waals surface area contributed by atoms with Crippen molar-refractivity contribution in [1.82, 2.24) is 4.90 Å². The average Bonchev–Trinajstić information content (AvgIpc) is 2.35. The van der Waals surface area contributed by atoms with Crippen LogP contribution in [0.2, 0.25) is 0 Å². The number of amides is 1. The highest BCUT2D eigenvalue weighted by Crippen LogP contribution is 2.34. The SMILES string of the molecule is CCC1(C(=O)O)CCCN(C(=O)CCC(C)C)C1. The summed E-state index contributed by atoms with van der Waals surface area (Å²) in [7, 11) is 0. The topological polar surface area (TPSA) is 57.6 Å². The normalized spacial score (nSPS) is 24.3. The van der Waals surface area contributed by atoms with Gasteiger partial charge in [-0.3, -0.25) is 9.59 Å². The number of carbonyl (C=O) groups excluding carboxylic acids is 1. The lowest BCUT2D eigenvalue weighted by Crippen LogP contribution is -2.49. The Morgan fingerprint density at radius 3 is 2.56 bits per heavy atom. The fourth-order valence-electron chi connectivity index (χ4n) is 2.53. The Labute approximate surface area is 109 Å². The Morgan fingerprint density at radius 2 is 2.06 bits per heavy atom. The van der Waals surface area contributed by atoms with E-state index in [0.29, 0.717) is 38.3 Å². The Morgan fingerprint density at radius 1 is 1.39 bits per heavy atom. The molecule has 1 aliphatic heterocycles. The van der Waals surface area contributed by atoms with Crippen molar-refractivity contribution in [2.75, 3.05) is 13.1 Å². The lowest BCUT2D eigenvalue weighted by molar-refractivity contribution is -0.155. The van der Waals surface area contributed by atoms with Crippen LogP contribution < -0.4 is 0 Å². The van der Waals surface area contributed by atoms with E-state index in [-0.39, 0.29) is 5.91 Å². The highest BCUT2D eigenvalue weighted by Gasteiger charge is 2.41. The molecule has 0 radical (unpaired) electrons. The molecule has 0 bridgehead atoms. The highest BCUT2D eigenvalue weighted by molar-refractivity contribution is 5.79. The summed E-state index contributed by atoms with van der Waals surface area (Å²) < 4.78 is 0. The third kappa shape index (κ3) is 3.47. The van der Waals surface area contributed by atoms with Crippen molar-refractivity contribution in [3.05, 3.63) is 0 Å². The Hall–Kier alpha value is -1.06. The smallest absolute Gasteiger partial charge is 0.311 e. The summed E-state index contributed by atoms with van der Waals surface area (Å²) in [4.78, 5) is 25.2. The van der Waals surface area contributed by atoms with Gasteiger partial charge in [-0.1, -0.05) is 20.8 Å². The van der Waals surface area contributed by atoms with Gasteiger partial charge in [0.05, 0.1) is 5.41 Å². The first-order valence-electron chi connectivity index (χ1n) is 6.92. The maximum Gasteiger partial charge on any atom is 0.311 e. The standard InChI is InChI=1S/C14H25NO3/c1-4-14(13(17)18)8-5-9-15(10-14)12(16)7-6-11(2)3/h11H,4-10H2,1-3H3,(H,17,18). The predicted molar refractivity (Wildman–Crippen MR) is 70.2 cm³/mol. The second-order valence-electron chi connectivity index (χ2n) is 5.79. The van der Waals surface area contributed by atoms with Crippen LogP contribution in [0.3, 0.4) is 0 Å². The number of nitrogens with zero attached hydrogens (tertiary/aromatic N) is 1. The average molecular weight is 255 g/mol. The van der Waals surface area contributed by atoms with Gasteiger partial charge >= 0.3 is 5.97 Å². The van der Waals surface area contributed by atoms with Crippen LogP contribution in [0, 0.1) is 11.3 Å². The van der Waals surface area contributed by atoms with E-state index < -0.39 is 11.4 Å². The molecular formula is C14H25NO3. The highest BCUT2D eigenvalue weighted by atomic mass is 16.4. The summed E-state index contributed by atoms with van der Waals surface area (Å²) in [5.74, 6) is -0.136. The molecule has 18 heavy (non-hydrogen) atoms. The van der Waals surface area contributed by atoms with Crippen LogP contribution >= 0.6 is 0 Å². The molecule has 104 valence electrons. The molecule has 1 unspecified atom stereocenters. The minimum absolute atomic E-state index is 0.113. The van der Waals surface area contributed by atoms with Crippen LogP contribution in [0.25, 0.3) is 0 Å². The summed E-state index contributed by atoms with van der Waals surface area (Å²) in [6.07, 6.45) is 3.50. The number of aliphatic carboxylic acids is 1. The predicted octanol–water partition coefficient (Wildman–Crippen LogP) is 2.53. The Balaban J connectivity index is 2.63. The van der Waals surface area contributed by atoms with Crippen LogP contribution in [0.1, 0.15) is 52.9 Å². The molecule has 0 saturated carbocycles. The van der Waals surface area contributed by atoms with Gasteiger partial charge < -0.3 is 10.0 Å². The fraction of sp³-hybridized carbons (Fsp3) is 0.857. The number of carbonyl (C=O) groups is 2. The molecule has 1 heterocycles. The number of hydrogen-bond donors (Lipinski definition) is 1. The van der Waals surface area contributed by atoms with E-state index >= 15 is 0 Å². The molecule has 1 fully saturated rings. The van der Waals surface area contributed by atoms with Gasteiger partial charge in [-0.25, -0.2) is 0 Å². The molecule has 1 aliphatic rings. The van der Waals surface area contributed by atoms with Crippen molar-refractivity contribution in [3.63, 3.8) is 0 Å². The molecule has 1 amide bonds. The van der Waals surface area contributed by atoms with Crippen LogP contribution in [-0.2, 0) is 9.59 Å². The van der Waals surface area contributed by atoms with Gasteiger partial charge in [-0.2, -0.15) is 0 Å². The molecule has 0 spiro atoms. The van der Waals surface area contributed by atoms with E-state index in [1.807, 2.05) is 6.92 Å². The van der Waals surface area contributed by atoms with Crippen LogP contribution in [-0.4, -0.2) is 35.0 Å². The number of carboxylic acid groups (broad SMARTS) is 1.